The zero-order valence-corrected chi connectivity index (χ0v) is 21.0. The number of H-pyrrole nitrogens is 1. The Morgan fingerprint density at radius 1 is 1.08 bits per heavy atom. The lowest BCUT2D eigenvalue weighted by Crippen LogP contribution is -2.28. The third-order valence-electron chi connectivity index (χ3n) is 6.62. The van der Waals surface area contributed by atoms with Crippen molar-refractivity contribution in [2.24, 2.45) is 5.41 Å². The highest BCUT2D eigenvalue weighted by molar-refractivity contribution is 6.00. The second kappa shape index (κ2) is 11.2. The van der Waals surface area contributed by atoms with Crippen LogP contribution >= 0.6 is 0 Å². The molecular weight excluding hydrogens is 504 g/mol. The number of para-hydroxylation sites is 1. The quantitative estimate of drug-likeness (QED) is 0.260. The van der Waals surface area contributed by atoms with Gasteiger partial charge in [-0.2, -0.15) is 0 Å². The maximum Gasteiger partial charge on any atom is 0.331 e. The minimum Gasteiger partial charge on any atom is -0.481 e. The lowest BCUT2D eigenvalue weighted by atomic mass is 9.80. The maximum atomic E-state index is 12.1. The number of carboxylic acids is 2. The first-order chi connectivity index (χ1) is 18.6. The van der Waals surface area contributed by atoms with Gasteiger partial charge in [0.25, 0.3) is 5.69 Å². The standard InChI is InChI=1S/C20H16N2O4.C9H10O4/c23-18-8-4-7-15-17(18)12-21-20(15)16-11-13(22(24)25)9-10-19(16)26-14-5-2-1-3-6-14;1-9(8(12)13)4-2-3-6(5-9)7(10)11/h1-3,5-6,9-12,21H,4,7-8H2;2-4H,5H2,1H3,(H,10,11)(H,12,13). The van der Waals surface area contributed by atoms with Crippen molar-refractivity contribution in [1.82, 2.24) is 4.98 Å². The summed E-state index contributed by atoms with van der Waals surface area (Å²) < 4.78 is 5.96. The largest absolute Gasteiger partial charge is 0.481 e. The first kappa shape index (κ1) is 27.1. The minimum absolute atomic E-state index is 0.0223. The smallest absolute Gasteiger partial charge is 0.331 e. The Morgan fingerprint density at radius 2 is 1.82 bits per heavy atom. The van der Waals surface area contributed by atoms with Gasteiger partial charge in [-0.25, -0.2) is 4.79 Å². The lowest BCUT2D eigenvalue weighted by Gasteiger charge is -2.23. The van der Waals surface area contributed by atoms with Gasteiger partial charge in [0.05, 0.1) is 16.0 Å². The average Bonchev–Trinajstić information content (AvgIpc) is 3.35. The van der Waals surface area contributed by atoms with Gasteiger partial charge in [-0.05, 0) is 49.9 Å². The van der Waals surface area contributed by atoms with Crippen molar-refractivity contribution in [3.8, 4) is 22.8 Å². The van der Waals surface area contributed by atoms with Crippen molar-refractivity contribution in [1.29, 1.82) is 0 Å². The number of non-ortho nitro benzene ring substituents is 1. The summed E-state index contributed by atoms with van der Waals surface area (Å²) in [6.07, 6.45) is 8.20. The third-order valence-corrected chi connectivity index (χ3v) is 6.62. The number of nitro groups is 1. The summed E-state index contributed by atoms with van der Waals surface area (Å²) in [6, 6.07) is 13.7. The van der Waals surface area contributed by atoms with E-state index in [1.807, 2.05) is 30.3 Å². The Kier molecular flexibility index (Phi) is 7.75. The summed E-state index contributed by atoms with van der Waals surface area (Å²) in [5.41, 5.74) is 1.89. The molecule has 1 aromatic heterocycles. The van der Waals surface area contributed by atoms with Gasteiger partial charge in [0.1, 0.15) is 11.5 Å². The van der Waals surface area contributed by atoms with E-state index < -0.39 is 22.3 Å². The van der Waals surface area contributed by atoms with Gasteiger partial charge in [-0.1, -0.05) is 36.4 Å². The molecule has 1 unspecified atom stereocenters. The summed E-state index contributed by atoms with van der Waals surface area (Å²) in [7, 11) is 0. The molecule has 0 saturated carbocycles. The first-order valence-corrected chi connectivity index (χ1v) is 12.2. The number of rotatable bonds is 6. The molecule has 10 heteroatoms. The molecule has 0 fully saturated rings. The average molecular weight is 531 g/mol. The van der Waals surface area contributed by atoms with E-state index in [2.05, 4.69) is 4.98 Å². The number of aromatic nitrogens is 1. The molecule has 39 heavy (non-hydrogen) atoms. The number of ketones is 1. The monoisotopic (exact) mass is 530 g/mol. The second-order valence-electron chi connectivity index (χ2n) is 9.44. The van der Waals surface area contributed by atoms with Crippen LogP contribution in [0.1, 0.15) is 42.1 Å². The van der Waals surface area contributed by atoms with E-state index in [1.54, 1.807) is 12.3 Å². The van der Waals surface area contributed by atoms with Gasteiger partial charge in [0.15, 0.2) is 5.78 Å². The zero-order valence-electron chi connectivity index (χ0n) is 21.0. The highest BCUT2D eigenvalue weighted by Gasteiger charge is 2.34. The number of nitro benzene ring substituents is 1. The number of carboxylic acid groups (broad SMARTS) is 2. The normalized spacial score (nSPS) is 17.8. The van der Waals surface area contributed by atoms with Crippen molar-refractivity contribution in [2.75, 3.05) is 0 Å². The van der Waals surface area contributed by atoms with Crippen LogP contribution in [0.4, 0.5) is 5.69 Å². The van der Waals surface area contributed by atoms with Gasteiger partial charge in [-0.15, -0.1) is 0 Å². The number of fused-ring (bicyclic) bond motifs is 1. The highest BCUT2D eigenvalue weighted by Crippen LogP contribution is 2.39. The number of carbonyl (C=O) groups excluding carboxylic acids is 1. The number of allylic oxidation sites excluding steroid dienone is 2. The molecule has 0 spiro atoms. The van der Waals surface area contributed by atoms with E-state index in [9.17, 15) is 24.5 Å². The predicted octanol–water partition coefficient (Wildman–Crippen LogP) is 5.95. The van der Waals surface area contributed by atoms with E-state index in [0.29, 0.717) is 34.7 Å². The highest BCUT2D eigenvalue weighted by atomic mass is 16.6. The molecule has 10 nitrogen and oxygen atoms in total. The number of nitrogens with zero attached hydrogens (tertiary/aromatic N) is 1. The van der Waals surface area contributed by atoms with Gasteiger partial charge >= 0.3 is 11.9 Å². The number of carbonyl (C=O) groups is 3. The van der Waals surface area contributed by atoms with E-state index in [0.717, 1.165) is 18.4 Å². The van der Waals surface area contributed by atoms with Crippen LogP contribution in [-0.4, -0.2) is 37.8 Å². The van der Waals surface area contributed by atoms with Crippen molar-refractivity contribution >= 4 is 23.4 Å². The van der Waals surface area contributed by atoms with Crippen LogP contribution in [0.5, 0.6) is 11.5 Å². The van der Waals surface area contributed by atoms with Crippen molar-refractivity contribution in [3.63, 3.8) is 0 Å². The molecule has 5 rings (SSSR count). The van der Waals surface area contributed by atoms with Crippen molar-refractivity contribution in [3.05, 3.63) is 99.8 Å². The number of nitrogens with one attached hydrogen (secondary N) is 1. The topological polar surface area (TPSA) is 160 Å². The Morgan fingerprint density at radius 3 is 2.49 bits per heavy atom. The van der Waals surface area contributed by atoms with E-state index in [4.69, 9.17) is 14.9 Å². The summed E-state index contributed by atoms with van der Waals surface area (Å²) in [6.45, 7) is 1.50. The molecule has 3 aromatic rings. The zero-order chi connectivity index (χ0) is 28.2. The molecule has 200 valence electrons. The predicted molar refractivity (Wildman–Crippen MR) is 142 cm³/mol. The molecule has 0 aliphatic heterocycles. The Balaban J connectivity index is 0.000000229. The number of aromatic amines is 1. The number of hydrogen-bond donors (Lipinski definition) is 3. The molecule has 2 aliphatic carbocycles. The van der Waals surface area contributed by atoms with E-state index >= 15 is 0 Å². The van der Waals surface area contributed by atoms with Gasteiger partial charge in [-0.3, -0.25) is 19.7 Å². The third kappa shape index (κ3) is 5.96. The molecule has 1 atom stereocenters. The number of Topliss-reactive ketones (excluding diaryl/α,β-unsaturated/α-hetero) is 1. The van der Waals surface area contributed by atoms with Crippen LogP contribution in [-0.2, 0) is 16.0 Å². The van der Waals surface area contributed by atoms with Gasteiger partial charge < -0.3 is 19.9 Å². The number of hydrogen-bond acceptors (Lipinski definition) is 6. The minimum atomic E-state index is -1.08. The van der Waals surface area contributed by atoms with Crippen LogP contribution in [0.15, 0.2) is 78.5 Å². The summed E-state index contributed by atoms with van der Waals surface area (Å²) in [5.74, 6) is -0.819. The van der Waals surface area contributed by atoms with Crippen LogP contribution in [0.2, 0.25) is 0 Å². The lowest BCUT2D eigenvalue weighted by molar-refractivity contribution is -0.384. The Labute approximate surface area is 223 Å². The van der Waals surface area contributed by atoms with Gasteiger partial charge in [0, 0.05) is 41.5 Å². The molecule has 3 N–H and O–H groups in total. The van der Waals surface area contributed by atoms with Crippen molar-refractivity contribution < 1.29 is 34.3 Å². The van der Waals surface area contributed by atoms with Crippen LogP contribution in [0, 0.1) is 15.5 Å². The number of benzene rings is 2. The van der Waals surface area contributed by atoms with Crippen LogP contribution in [0.3, 0.4) is 0 Å². The molecule has 2 aliphatic rings. The van der Waals surface area contributed by atoms with Crippen LogP contribution in [0.25, 0.3) is 11.3 Å². The summed E-state index contributed by atoms with van der Waals surface area (Å²) in [5, 5.41) is 28.7. The number of aliphatic carboxylic acids is 2. The molecule has 0 radical (unpaired) electrons. The fourth-order valence-corrected chi connectivity index (χ4v) is 4.48. The molecule has 1 heterocycles. The molecule has 0 saturated heterocycles. The fourth-order valence-electron chi connectivity index (χ4n) is 4.48. The SMILES string of the molecule is CC1(C(=O)O)C=CC=C(C(=O)O)C1.O=C1CCCc2c1c[nH]c2-c1cc([N+](=O)[O-])ccc1Oc1ccccc1. The van der Waals surface area contributed by atoms with Gasteiger partial charge in [0.2, 0.25) is 0 Å². The Bertz CT molecular complexity index is 1500. The first-order valence-electron chi connectivity index (χ1n) is 12.2. The molecular formula is C29H26N2O8. The van der Waals surface area contributed by atoms with E-state index in [1.165, 1.54) is 37.3 Å². The Hall–Kier alpha value is -4.99. The molecule has 0 amide bonds. The fraction of sp³-hybridized carbons (Fsp3) is 0.207. The van der Waals surface area contributed by atoms with Crippen LogP contribution < -0.4 is 4.74 Å². The number of ether oxygens (including phenoxy) is 1. The summed E-state index contributed by atoms with van der Waals surface area (Å²) >= 11 is 0. The maximum absolute atomic E-state index is 12.1. The second-order valence-corrected chi connectivity index (χ2v) is 9.44. The van der Waals surface area contributed by atoms with Crippen molar-refractivity contribution in [2.45, 2.75) is 32.6 Å². The molecule has 2 aromatic carbocycles. The van der Waals surface area contributed by atoms with E-state index in [-0.39, 0.29) is 23.5 Å². The summed E-state index contributed by atoms with van der Waals surface area (Å²) in [4.78, 5) is 47.4. The molecule has 0 bridgehead atoms.